The molecule has 0 aliphatic carbocycles. The van der Waals surface area contributed by atoms with Crippen LogP contribution < -0.4 is 10.6 Å². The number of nitrogens with two attached hydrogens (primary N) is 1. The molecule has 1 aliphatic rings. The van der Waals surface area contributed by atoms with Gasteiger partial charge in [-0.05, 0) is 42.0 Å². The Morgan fingerprint density at radius 1 is 0.867 bits per heavy atom. The van der Waals surface area contributed by atoms with Crippen molar-refractivity contribution >= 4 is 29.1 Å². The number of para-hydroxylation sites is 1. The first-order valence-corrected chi connectivity index (χ1v) is 9.09. The fourth-order valence-electron chi connectivity index (χ4n) is 3.07. The lowest BCUT2D eigenvalue weighted by Gasteiger charge is -2.13. The highest BCUT2D eigenvalue weighted by atomic mass is 16.2. The second-order valence-corrected chi connectivity index (χ2v) is 6.59. The van der Waals surface area contributed by atoms with Crippen LogP contribution in [-0.4, -0.2) is 22.6 Å². The number of nitrogens with zero attached hydrogens (tertiary/aromatic N) is 4. The Morgan fingerprint density at radius 3 is 2.10 bits per heavy atom. The summed E-state index contributed by atoms with van der Waals surface area (Å²) < 4.78 is 0. The molecule has 3 aromatic rings. The highest BCUT2D eigenvalue weighted by molar-refractivity contribution is 6.21. The van der Waals surface area contributed by atoms with E-state index in [4.69, 9.17) is 5.73 Å². The van der Waals surface area contributed by atoms with Crippen LogP contribution in [0.1, 0.15) is 36.6 Å². The Balaban J connectivity index is 1.45. The van der Waals surface area contributed by atoms with E-state index < -0.39 is 5.91 Å². The smallest absolute Gasteiger partial charge is 0.360 e. The zero-order valence-corrected chi connectivity index (χ0v) is 15.7. The number of benzene rings is 3. The van der Waals surface area contributed by atoms with Crippen LogP contribution in [0.4, 0.5) is 11.4 Å². The minimum absolute atomic E-state index is 0.116. The van der Waals surface area contributed by atoms with Crippen molar-refractivity contribution in [2.24, 2.45) is 10.2 Å². The number of nitrogen functional groups attached to an aromatic ring is 1. The molecule has 0 bridgehead atoms. The van der Waals surface area contributed by atoms with Gasteiger partial charge < -0.3 is 5.73 Å². The molecule has 8 heteroatoms. The van der Waals surface area contributed by atoms with Crippen molar-refractivity contribution in [2.75, 3.05) is 5.73 Å². The van der Waals surface area contributed by atoms with Crippen molar-refractivity contribution in [1.29, 1.82) is 0 Å². The molecule has 0 saturated heterocycles. The molecule has 3 amide bonds. The van der Waals surface area contributed by atoms with Gasteiger partial charge in [0.2, 0.25) is 10.0 Å². The summed E-state index contributed by atoms with van der Waals surface area (Å²) in [7, 11) is 0. The SMILES string of the molecule is Nc1ccccc1N=[N+]=NC(=O)c1ccc(CN2C(=O)c3ccccc3C2=O)cc1. The number of carbonyl (C=O) groups excluding carboxylic acids is 3. The Hall–Kier alpha value is -4.42. The molecule has 2 N–H and O–H groups in total. The maximum absolute atomic E-state index is 12.5. The fourth-order valence-corrected chi connectivity index (χ4v) is 3.07. The van der Waals surface area contributed by atoms with Crippen LogP contribution in [0, 0.1) is 0 Å². The normalized spacial score (nSPS) is 12.3. The van der Waals surface area contributed by atoms with E-state index in [0.717, 1.165) is 0 Å². The highest BCUT2D eigenvalue weighted by Crippen LogP contribution is 2.24. The van der Waals surface area contributed by atoms with E-state index in [1.165, 1.54) is 4.90 Å². The number of hydrogen-bond donors (Lipinski definition) is 1. The molecule has 3 aromatic carbocycles. The number of carbonyl (C=O) groups is 3. The van der Waals surface area contributed by atoms with Gasteiger partial charge >= 0.3 is 5.91 Å². The van der Waals surface area contributed by atoms with Crippen LogP contribution >= 0.6 is 0 Å². The lowest BCUT2D eigenvalue weighted by Crippen LogP contribution is -2.29. The highest BCUT2D eigenvalue weighted by Gasteiger charge is 2.34. The Labute approximate surface area is 171 Å². The number of amides is 3. The minimum Gasteiger partial charge on any atom is -0.397 e. The molecule has 1 aliphatic heterocycles. The zero-order chi connectivity index (χ0) is 21.1. The molecule has 30 heavy (non-hydrogen) atoms. The van der Waals surface area contributed by atoms with Gasteiger partial charge in [-0.3, -0.25) is 19.3 Å². The third-order valence-corrected chi connectivity index (χ3v) is 4.64. The molecule has 8 nitrogen and oxygen atoms in total. The lowest BCUT2D eigenvalue weighted by molar-refractivity contribution is 0.0642. The van der Waals surface area contributed by atoms with Crippen LogP contribution in [0.15, 0.2) is 83.0 Å². The lowest BCUT2D eigenvalue weighted by atomic mass is 10.1. The Morgan fingerprint density at radius 2 is 1.47 bits per heavy atom. The molecule has 1 heterocycles. The van der Waals surface area contributed by atoms with Crippen molar-refractivity contribution in [3.05, 3.63) is 95.1 Å². The van der Waals surface area contributed by atoms with Crippen molar-refractivity contribution in [3.8, 4) is 0 Å². The largest absolute Gasteiger partial charge is 0.397 e. The van der Waals surface area contributed by atoms with Gasteiger partial charge in [0.05, 0.1) is 23.4 Å². The number of hydrogen-bond acceptors (Lipinski definition) is 5. The monoisotopic (exact) mass is 398 g/mol. The van der Waals surface area contributed by atoms with Gasteiger partial charge in [-0.25, -0.2) is 0 Å². The van der Waals surface area contributed by atoms with Crippen LogP contribution in [0.3, 0.4) is 0 Å². The van der Waals surface area contributed by atoms with Crippen LogP contribution in [-0.2, 0) is 6.54 Å². The predicted molar refractivity (Wildman–Crippen MR) is 109 cm³/mol. The number of fused-ring (bicyclic) bond motifs is 1. The van der Waals surface area contributed by atoms with Gasteiger partial charge in [0.1, 0.15) is 0 Å². The molecule has 0 aromatic heterocycles. The Kier molecular flexibility index (Phi) is 4.99. The second-order valence-electron chi connectivity index (χ2n) is 6.59. The van der Waals surface area contributed by atoms with Gasteiger partial charge in [-0.1, -0.05) is 36.4 Å². The average Bonchev–Trinajstić information content (AvgIpc) is 3.00. The van der Waals surface area contributed by atoms with Crippen LogP contribution in [0.5, 0.6) is 0 Å². The first kappa shape index (κ1) is 18.9. The van der Waals surface area contributed by atoms with E-state index in [1.54, 1.807) is 72.8 Å². The van der Waals surface area contributed by atoms with E-state index in [2.05, 4.69) is 15.1 Å². The van der Waals surface area contributed by atoms with Gasteiger partial charge in [0.15, 0.2) is 10.8 Å². The predicted octanol–water partition coefficient (Wildman–Crippen LogP) is 3.51. The minimum atomic E-state index is -0.569. The maximum atomic E-state index is 12.5. The molecular formula is C22H16N5O3+. The molecule has 146 valence electrons. The summed E-state index contributed by atoms with van der Waals surface area (Å²) in [6, 6.07) is 20.0. The van der Waals surface area contributed by atoms with Crippen molar-refractivity contribution in [3.63, 3.8) is 0 Å². The molecule has 4 rings (SSSR count). The molecule has 0 atom stereocenters. The van der Waals surface area contributed by atoms with Crippen LogP contribution in [0.2, 0.25) is 0 Å². The van der Waals surface area contributed by atoms with Crippen LogP contribution in [0.25, 0.3) is 0 Å². The summed E-state index contributed by atoms with van der Waals surface area (Å²) in [6.07, 6.45) is 0. The average molecular weight is 398 g/mol. The van der Waals surface area contributed by atoms with E-state index in [-0.39, 0.29) is 18.4 Å². The second kappa shape index (κ2) is 7.90. The van der Waals surface area contributed by atoms with Crippen molar-refractivity contribution in [2.45, 2.75) is 6.54 Å². The molecular weight excluding hydrogens is 382 g/mol. The third kappa shape index (κ3) is 3.63. The molecule has 0 unspecified atom stereocenters. The van der Waals surface area contributed by atoms with Gasteiger partial charge in [-0.2, -0.15) is 0 Å². The van der Waals surface area contributed by atoms with E-state index in [0.29, 0.717) is 33.6 Å². The zero-order valence-electron chi connectivity index (χ0n) is 15.7. The molecule has 0 radical (unpaired) electrons. The van der Waals surface area contributed by atoms with Gasteiger partial charge in [0, 0.05) is 5.56 Å². The fraction of sp³-hybridized carbons (Fsp3) is 0.0455. The molecule has 0 saturated carbocycles. The molecule has 0 spiro atoms. The summed E-state index contributed by atoms with van der Waals surface area (Å²) >= 11 is 0. The number of anilines is 1. The van der Waals surface area contributed by atoms with Gasteiger partial charge in [-0.15, -0.1) is 0 Å². The third-order valence-electron chi connectivity index (χ3n) is 4.64. The maximum Gasteiger partial charge on any atom is 0.360 e. The molecule has 0 fully saturated rings. The Bertz CT molecular complexity index is 1190. The number of rotatable bonds is 4. The summed E-state index contributed by atoms with van der Waals surface area (Å²) in [5.41, 5.74) is 8.42. The topological polar surface area (TPSA) is 119 Å². The van der Waals surface area contributed by atoms with Crippen molar-refractivity contribution in [1.82, 2.24) is 9.81 Å². The number of imide groups is 1. The van der Waals surface area contributed by atoms with E-state index >= 15 is 0 Å². The van der Waals surface area contributed by atoms with Gasteiger partial charge in [0.25, 0.3) is 11.8 Å². The summed E-state index contributed by atoms with van der Waals surface area (Å²) in [4.78, 5) is 41.8. The van der Waals surface area contributed by atoms with E-state index in [9.17, 15) is 14.4 Å². The summed E-state index contributed by atoms with van der Waals surface area (Å²) in [5, 5.41) is 7.38. The summed E-state index contributed by atoms with van der Waals surface area (Å²) in [6.45, 7) is 0.116. The van der Waals surface area contributed by atoms with Crippen molar-refractivity contribution < 1.29 is 14.4 Å². The standard InChI is InChI=1S/C22H15N5O3/c23-18-7-3-4-8-19(18)24-26-25-20(28)15-11-9-14(10-12-15)13-27-21(29)16-5-1-2-6-17(16)22(27)30/h1-12,23H,13H2/p+1. The summed E-state index contributed by atoms with van der Waals surface area (Å²) in [5.74, 6) is -1.22. The van der Waals surface area contributed by atoms with E-state index in [1.807, 2.05) is 0 Å². The first-order chi connectivity index (χ1) is 14.5. The quantitative estimate of drug-likeness (QED) is 0.313. The first-order valence-electron chi connectivity index (χ1n) is 9.09.